The number of para-hydroxylation sites is 1. The topological polar surface area (TPSA) is 56.9 Å². The molecule has 1 aliphatic rings. The summed E-state index contributed by atoms with van der Waals surface area (Å²) in [5.74, 6) is 0.481. The van der Waals surface area contributed by atoms with Crippen molar-refractivity contribution in [1.29, 1.82) is 0 Å². The van der Waals surface area contributed by atoms with E-state index >= 15 is 0 Å². The number of halogens is 1. The Morgan fingerprint density at radius 3 is 2.25 bits per heavy atom. The molecular weight excluding hydrogens is 461 g/mol. The zero-order valence-electron chi connectivity index (χ0n) is 17.1. The normalized spacial score (nSPS) is 16.4. The highest BCUT2D eigenvalue weighted by Gasteiger charge is 2.21. The summed E-state index contributed by atoms with van der Waals surface area (Å²) in [6.07, 6.45) is 0. The number of nitrogens with zero attached hydrogens (tertiary/aromatic N) is 3. The van der Waals surface area contributed by atoms with Crippen LogP contribution in [-0.4, -0.2) is 49.6 Å². The van der Waals surface area contributed by atoms with Crippen LogP contribution in [0.2, 0.25) is 0 Å². The summed E-state index contributed by atoms with van der Waals surface area (Å²) in [5, 5.41) is 3.21. The lowest BCUT2D eigenvalue weighted by molar-refractivity contribution is 0.201. The maximum Gasteiger partial charge on any atom is 0.193 e. The highest BCUT2D eigenvalue weighted by atomic mass is 127. The Balaban J connectivity index is 0.00000280. The van der Waals surface area contributed by atoms with Crippen LogP contribution < -0.4 is 16.0 Å². The quantitative estimate of drug-likeness (QED) is 0.378. The standard InChI is InChI=1S/C22H31N5.HI/c1-17-13-18(2)15-20(14-17)25-22(23)24-16-19(3)26-9-11-27(12-10-26)21-7-5-4-6-8-21;/h4-8,13-15,19H,9-12,16H2,1-3H3,(H3,23,24,25);1H. The van der Waals surface area contributed by atoms with Crippen LogP contribution in [0.3, 0.4) is 0 Å². The molecule has 28 heavy (non-hydrogen) atoms. The molecule has 0 spiro atoms. The van der Waals surface area contributed by atoms with Gasteiger partial charge in [-0.1, -0.05) is 24.3 Å². The van der Waals surface area contributed by atoms with E-state index in [2.05, 4.69) is 89.4 Å². The first-order chi connectivity index (χ1) is 13.0. The van der Waals surface area contributed by atoms with E-state index in [0.29, 0.717) is 18.5 Å². The van der Waals surface area contributed by atoms with Crippen molar-refractivity contribution in [3.05, 3.63) is 59.7 Å². The van der Waals surface area contributed by atoms with Crippen molar-refractivity contribution >= 4 is 41.3 Å². The Labute approximate surface area is 186 Å². The Bertz CT molecular complexity index is 750. The van der Waals surface area contributed by atoms with E-state index in [9.17, 15) is 0 Å². The Hall–Kier alpha value is -1.80. The molecule has 0 saturated carbocycles. The lowest BCUT2D eigenvalue weighted by Gasteiger charge is -2.38. The van der Waals surface area contributed by atoms with Gasteiger partial charge in [-0.05, 0) is 56.2 Å². The van der Waals surface area contributed by atoms with Gasteiger partial charge in [0.15, 0.2) is 5.96 Å². The molecule has 1 heterocycles. The molecule has 2 aromatic rings. The fourth-order valence-electron chi connectivity index (χ4n) is 3.64. The van der Waals surface area contributed by atoms with Gasteiger partial charge < -0.3 is 16.0 Å². The van der Waals surface area contributed by atoms with Crippen LogP contribution in [0.5, 0.6) is 0 Å². The first kappa shape index (κ1) is 22.5. The molecule has 1 saturated heterocycles. The lowest BCUT2D eigenvalue weighted by atomic mass is 10.1. The average molecular weight is 493 g/mol. The number of nitrogens with two attached hydrogens (primary N) is 1. The van der Waals surface area contributed by atoms with Gasteiger partial charge in [0, 0.05) is 43.6 Å². The van der Waals surface area contributed by atoms with Crippen LogP contribution in [-0.2, 0) is 0 Å². The Morgan fingerprint density at radius 2 is 1.64 bits per heavy atom. The zero-order chi connectivity index (χ0) is 19.2. The first-order valence-corrected chi connectivity index (χ1v) is 9.70. The van der Waals surface area contributed by atoms with Crippen molar-refractivity contribution in [2.45, 2.75) is 26.8 Å². The predicted octanol–water partition coefficient (Wildman–Crippen LogP) is 3.86. The molecule has 1 unspecified atom stereocenters. The summed E-state index contributed by atoms with van der Waals surface area (Å²) in [7, 11) is 0. The van der Waals surface area contributed by atoms with Gasteiger partial charge in [0.05, 0.1) is 6.54 Å². The van der Waals surface area contributed by atoms with Gasteiger partial charge in [0.2, 0.25) is 0 Å². The Kier molecular flexibility index (Phi) is 8.57. The highest BCUT2D eigenvalue weighted by molar-refractivity contribution is 14.0. The SMILES string of the molecule is Cc1cc(C)cc(NC(N)=NCC(C)N2CCN(c3ccccc3)CC2)c1.I. The van der Waals surface area contributed by atoms with Crippen LogP contribution in [0.1, 0.15) is 18.1 Å². The number of benzene rings is 2. The maximum atomic E-state index is 6.09. The van der Waals surface area contributed by atoms with E-state index in [0.717, 1.165) is 31.9 Å². The largest absolute Gasteiger partial charge is 0.370 e. The van der Waals surface area contributed by atoms with Crippen LogP contribution in [0.15, 0.2) is 53.5 Å². The van der Waals surface area contributed by atoms with Gasteiger partial charge in [-0.15, -0.1) is 24.0 Å². The van der Waals surface area contributed by atoms with Crippen LogP contribution >= 0.6 is 24.0 Å². The third-order valence-electron chi connectivity index (χ3n) is 5.08. The molecule has 2 aromatic carbocycles. The molecule has 1 fully saturated rings. The molecule has 0 radical (unpaired) electrons. The maximum absolute atomic E-state index is 6.09. The van der Waals surface area contributed by atoms with E-state index in [4.69, 9.17) is 5.73 Å². The van der Waals surface area contributed by atoms with Gasteiger partial charge in [-0.3, -0.25) is 9.89 Å². The molecule has 0 aliphatic carbocycles. The molecule has 3 rings (SSSR count). The Morgan fingerprint density at radius 1 is 1.04 bits per heavy atom. The molecule has 0 aromatic heterocycles. The second kappa shape index (κ2) is 10.7. The first-order valence-electron chi connectivity index (χ1n) is 9.70. The van der Waals surface area contributed by atoms with E-state index < -0.39 is 0 Å². The van der Waals surface area contributed by atoms with E-state index in [-0.39, 0.29) is 24.0 Å². The summed E-state index contributed by atoms with van der Waals surface area (Å²) >= 11 is 0. The number of piperazine rings is 1. The van der Waals surface area contributed by atoms with Crippen molar-refractivity contribution in [2.75, 3.05) is 42.9 Å². The number of aryl methyl sites for hydroxylation is 2. The van der Waals surface area contributed by atoms with E-state index in [1.54, 1.807) is 0 Å². The fourth-order valence-corrected chi connectivity index (χ4v) is 3.64. The van der Waals surface area contributed by atoms with Crippen molar-refractivity contribution < 1.29 is 0 Å². The predicted molar refractivity (Wildman–Crippen MR) is 131 cm³/mol. The van der Waals surface area contributed by atoms with Gasteiger partial charge >= 0.3 is 0 Å². The zero-order valence-corrected chi connectivity index (χ0v) is 19.4. The fraction of sp³-hybridized carbons (Fsp3) is 0.409. The summed E-state index contributed by atoms with van der Waals surface area (Å²) in [4.78, 5) is 9.50. The van der Waals surface area contributed by atoms with Crippen molar-refractivity contribution in [3.8, 4) is 0 Å². The number of nitrogens with one attached hydrogen (secondary N) is 1. The molecule has 1 aliphatic heterocycles. The number of rotatable bonds is 5. The molecular formula is C22H32IN5. The minimum atomic E-state index is 0. The van der Waals surface area contributed by atoms with E-state index in [1.165, 1.54) is 16.8 Å². The van der Waals surface area contributed by atoms with E-state index in [1.807, 2.05) is 0 Å². The molecule has 152 valence electrons. The highest BCUT2D eigenvalue weighted by Crippen LogP contribution is 2.17. The molecule has 1 atom stereocenters. The summed E-state index contributed by atoms with van der Waals surface area (Å²) in [6, 6.07) is 17.3. The summed E-state index contributed by atoms with van der Waals surface area (Å²) in [6.45, 7) is 11.3. The van der Waals surface area contributed by atoms with Gasteiger partial charge in [0.25, 0.3) is 0 Å². The number of hydrogen-bond acceptors (Lipinski definition) is 3. The number of anilines is 2. The third kappa shape index (κ3) is 6.38. The number of hydrogen-bond donors (Lipinski definition) is 2. The molecule has 0 amide bonds. The summed E-state index contributed by atoms with van der Waals surface area (Å²) in [5.41, 5.74) is 10.8. The van der Waals surface area contributed by atoms with Crippen LogP contribution in [0, 0.1) is 13.8 Å². The molecule has 0 bridgehead atoms. The third-order valence-corrected chi connectivity index (χ3v) is 5.08. The van der Waals surface area contributed by atoms with Crippen LogP contribution in [0.25, 0.3) is 0 Å². The number of aliphatic imine (C=N–C) groups is 1. The minimum absolute atomic E-state index is 0. The lowest BCUT2D eigenvalue weighted by Crippen LogP contribution is -2.50. The van der Waals surface area contributed by atoms with Gasteiger partial charge in [0.1, 0.15) is 0 Å². The van der Waals surface area contributed by atoms with Crippen molar-refractivity contribution in [3.63, 3.8) is 0 Å². The second-order valence-electron chi connectivity index (χ2n) is 7.43. The second-order valence-corrected chi connectivity index (χ2v) is 7.43. The summed E-state index contributed by atoms with van der Waals surface area (Å²) < 4.78 is 0. The van der Waals surface area contributed by atoms with Crippen LogP contribution in [0.4, 0.5) is 11.4 Å². The van der Waals surface area contributed by atoms with Gasteiger partial charge in [-0.25, -0.2) is 0 Å². The molecule has 5 nitrogen and oxygen atoms in total. The number of guanidine groups is 1. The van der Waals surface area contributed by atoms with Gasteiger partial charge in [-0.2, -0.15) is 0 Å². The molecule has 6 heteroatoms. The minimum Gasteiger partial charge on any atom is -0.370 e. The smallest absolute Gasteiger partial charge is 0.193 e. The van der Waals surface area contributed by atoms with Crippen molar-refractivity contribution in [1.82, 2.24) is 4.90 Å². The average Bonchev–Trinajstić information content (AvgIpc) is 2.66. The van der Waals surface area contributed by atoms with Crippen molar-refractivity contribution in [2.24, 2.45) is 10.7 Å². The monoisotopic (exact) mass is 493 g/mol. The molecule has 3 N–H and O–H groups in total.